The average molecular weight is 203 g/mol. The molecule has 3 heteroatoms. The lowest BCUT2D eigenvalue weighted by atomic mass is 10.1. The van der Waals surface area contributed by atoms with Crippen molar-refractivity contribution in [1.82, 2.24) is 15.1 Å². The largest absolute Gasteiger partial charge is 0.313 e. The summed E-state index contributed by atoms with van der Waals surface area (Å²) in [5.74, 6) is 0. The second-order valence-corrected chi connectivity index (χ2v) is 4.00. The van der Waals surface area contributed by atoms with Crippen molar-refractivity contribution in [1.29, 1.82) is 0 Å². The third kappa shape index (κ3) is 1.63. The first-order chi connectivity index (χ1) is 7.13. The summed E-state index contributed by atoms with van der Waals surface area (Å²) in [6, 6.07) is 6.90. The first-order valence-electron chi connectivity index (χ1n) is 5.24. The van der Waals surface area contributed by atoms with Gasteiger partial charge in [0.05, 0.1) is 11.2 Å². The monoisotopic (exact) mass is 203 g/mol. The number of fused-ring (bicyclic) bond motifs is 1. The van der Waals surface area contributed by atoms with Gasteiger partial charge in [-0.1, -0.05) is 6.07 Å². The fraction of sp³-hybridized carbons (Fsp3) is 0.417. The molecule has 1 N–H and O–H groups in total. The lowest BCUT2D eigenvalue weighted by Crippen LogP contribution is -2.11. The fourth-order valence-electron chi connectivity index (χ4n) is 1.89. The molecule has 1 aromatic heterocycles. The van der Waals surface area contributed by atoms with E-state index in [1.807, 2.05) is 18.8 Å². The van der Waals surface area contributed by atoms with Gasteiger partial charge in [0.2, 0.25) is 0 Å². The molecule has 1 unspecified atom stereocenters. The summed E-state index contributed by atoms with van der Waals surface area (Å²) in [6.45, 7) is 4.21. The number of hydrogen-bond acceptors (Lipinski definition) is 2. The van der Waals surface area contributed by atoms with Crippen LogP contribution in [0.15, 0.2) is 18.2 Å². The van der Waals surface area contributed by atoms with Crippen molar-refractivity contribution >= 4 is 10.9 Å². The van der Waals surface area contributed by atoms with E-state index in [-0.39, 0.29) is 0 Å². The zero-order chi connectivity index (χ0) is 11.0. The van der Waals surface area contributed by atoms with Crippen molar-refractivity contribution in [2.75, 3.05) is 7.05 Å². The minimum atomic E-state index is 0.383. The quantitative estimate of drug-likeness (QED) is 0.810. The predicted octanol–water partition coefficient (Wildman–Crippen LogP) is 2.16. The van der Waals surface area contributed by atoms with Gasteiger partial charge in [-0.3, -0.25) is 4.68 Å². The summed E-state index contributed by atoms with van der Waals surface area (Å²) in [5, 5.41) is 8.90. The number of hydrogen-bond donors (Lipinski definition) is 1. The van der Waals surface area contributed by atoms with Crippen molar-refractivity contribution in [3.05, 3.63) is 29.5 Å². The Bertz CT molecular complexity index is 485. The molecule has 0 aliphatic carbocycles. The van der Waals surface area contributed by atoms with Crippen LogP contribution in [0.4, 0.5) is 0 Å². The van der Waals surface area contributed by atoms with Gasteiger partial charge in [0.25, 0.3) is 0 Å². The minimum absolute atomic E-state index is 0.383. The summed E-state index contributed by atoms with van der Waals surface area (Å²) in [6.07, 6.45) is 0. The maximum Gasteiger partial charge on any atom is 0.0682 e. The molecule has 15 heavy (non-hydrogen) atoms. The van der Waals surface area contributed by atoms with Gasteiger partial charge in [-0.05, 0) is 38.6 Å². The smallest absolute Gasteiger partial charge is 0.0682 e. The first kappa shape index (κ1) is 10.2. The zero-order valence-electron chi connectivity index (χ0n) is 9.70. The van der Waals surface area contributed by atoms with E-state index in [2.05, 4.69) is 42.5 Å². The standard InChI is InChI=1S/C12H17N3/c1-8(13-3)10-5-6-12-11(7-10)9(2)14-15(12)4/h5-8,13H,1-4H3. The maximum atomic E-state index is 4.41. The van der Waals surface area contributed by atoms with E-state index in [1.165, 1.54) is 16.5 Å². The molecule has 80 valence electrons. The highest BCUT2D eigenvalue weighted by Crippen LogP contribution is 2.22. The zero-order valence-corrected chi connectivity index (χ0v) is 9.70. The second-order valence-electron chi connectivity index (χ2n) is 4.00. The average Bonchev–Trinajstić information content (AvgIpc) is 2.53. The molecule has 1 heterocycles. The highest BCUT2D eigenvalue weighted by Gasteiger charge is 2.08. The van der Waals surface area contributed by atoms with E-state index in [4.69, 9.17) is 0 Å². The van der Waals surface area contributed by atoms with Crippen LogP contribution in [-0.4, -0.2) is 16.8 Å². The van der Waals surface area contributed by atoms with E-state index in [1.54, 1.807) is 0 Å². The van der Waals surface area contributed by atoms with Crippen LogP contribution in [-0.2, 0) is 7.05 Å². The van der Waals surface area contributed by atoms with Gasteiger partial charge < -0.3 is 5.32 Å². The predicted molar refractivity (Wildman–Crippen MR) is 62.9 cm³/mol. The molecule has 0 aliphatic rings. The van der Waals surface area contributed by atoms with Crippen molar-refractivity contribution in [2.24, 2.45) is 7.05 Å². The normalized spacial score (nSPS) is 13.3. The molecule has 0 spiro atoms. The SMILES string of the molecule is CNC(C)c1ccc2c(c1)c(C)nn2C. The number of aromatic nitrogens is 2. The van der Waals surface area contributed by atoms with Gasteiger partial charge in [-0.15, -0.1) is 0 Å². The van der Waals surface area contributed by atoms with Crippen LogP contribution in [0, 0.1) is 6.92 Å². The van der Waals surface area contributed by atoms with E-state index in [0.29, 0.717) is 6.04 Å². The summed E-state index contributed by atoms with van der Waals surface area (Å²) >= 11 is 0. The Kier molecular flexibility index (Phi) is 2.49. The van der Waals surface area contributed by atoms with Crippen molar-refractivity contribution in [2.45, 2.75) is 19.9 Å². The molecule has 0 aliphatic heterocycles. The summed E-state index contributed by atoms with van der Waals surface area (Å²) < 4.78 is 1.93. The lowest BCUT2D eigenvalue weighted by Gasteiger charge is -2.10. The molecule has 1 aromatic carbocycles. The molecule has 0 radical (unpaired) electrons. The lowest BCUT2D eigenvalue weighted by molar-refractivity contribution is 0.653. The Morgan fingerprint density at radius 2 is 2.13 bits per heavy atom. The van der Waals surface area contributed by atoms with Crippen LogP contribution < -0.4 is 5.32 Å². The molecule has 0 fully saturated rings. The van der Waals surface area contributed by atoms with Gasteiger partial charge in [0.15, 0.2) is 0 Å². The van der Waals surface area contributed by atoms with Crippen LogP contribution >= 0.6 is 0 Å². The second kappa shape index (κ2) is 3.66. The van der Waals surface area contributed by atoms with E-state index < -0.39 is 0 Å². The molecule has 0 amide bonds. The van der Waals surface area contributed by atoms with Crippen LogP contribution in [0.3, 0.4) is 0 Å². The van der Waals surface area contributed by atoms with Gasteiger partial charge in [-0.25, -0.2) is 0 Å². The Balaban J connectivity index is 2.60. The molecule has 2 rings (SSSR count). The number of nitrogens with one attached hydrogen (secondary N) is 1. The molecule has 0 bridgehead atoms. The molecular formula is C12H17N3. The fourth-order valence-corrected chi connectivity index (χ4v) is 1.89. The molecule has 0 saturated carbocycles. The van der Waals surface area contributed by atoms with E-state index >= 15 is 0 Å². The topological polar surface area (TPSA) is 29.9 Å². The molecular weight excluding hydrogens is 186 g/mol. The third-order valence-electron chi connectivity index (χ3n) is 2.99. The molecule has 3 nitrogen and oxygen atoms in total. The Labute approximate surface area is 90.1 Å². The third-order valence-corrected chi connectivity index (χ3v) is 2.99. The summed E-state index contributed by atoms with van der Waals surface area (Å²) in [4.78, 5) is 0. The van der Waals surface area contributed by atoms with Crippen LogP contribution in [0.1, 0.15) is 24.2 Å². The molecule has 0 saturated heterocycles. The maximum absolute atomic E-state index is 4.41. The van der Waals surface area contributed by atoms with Gasteiger partial charge in [-0.2, -0.15) is 5.10 Å². The number of nitrogens with zero attached hydrogens (tertiary/aromatic N) is 2. The summed E-state index contributed by atoms with van der Waals surface area (Å²) in [5.41, 5.74) is 3.60. The van der Waals surface area contributed by atoms with Gasteiger partial charge >= 0.3 is 0 Å². The Morgan fingerprint density at radius 1 is 1.40 bits per heavy atom. The van der Waals surface area contributed by atoms with Crippen molar-refractivity contribution < 1.29 is 0 Å². The van der Waals surface area contributed by atoms with Crippen LogP contribution in [0.5, 0.6) is 0 Å². The highest BCUT2D eigenvalue weighted by atomic mass is 15.3. The molecule has 2 aromatic rings. The Morgan fingerprint density at radius 3 is 2.80 bits per heavy atom. The van der Waals surface area contributed by atoms with Gasteiger partial charge in [0.1, 0.15) is 0 Å². The number of aryl methyl sites for hydroxylation is 2. The first-order valence-corrected chi connectivity index (χ1v) is 5.24. The minimum Gasteiger partial charge on any atom is -0.313 e. The van der Waals surface area contributed by atoms with Crippen LogP contribution in [0.25, 0.3) is 10.9 Å². The summed E-state index contributed by atoms with van der Waals surface area (Å²) in [7, 11) is 3.96. The van der Waals surface area contributed by atoms with E-state index in [9.17, 15) is 0 Å². The highest BCUT2D eigenvalue weighted by molar-refractivity contribution is 5.82. The number of benzene rings is 1. The van der Waals surface area contributed by atoms with Gasteiger partial charge in [0, 0.05) is 18.5 Å². The molecule has 1 atom stereocenters. The Hall–Kier alpha value is -1.35. The van der Waals surface area contributed by atoms with Crippen molar-refractivity contribution in [3.8, 4) is 0 Å². The van der Waals surface area contributed by atoms with Crippen molar-refractivity contribution in [3.63, 3.8) is 0 Å². The number of rotatable bonds is 2. The van der Waals surface area contributed by atoms with E-state index in [0.717, 1.165) is 5.69 Å². The van der Waals surface area contributed by atoms with Crippen LogP contribution in [0.2, 0.25) is 0 Å².